The van der Waals surface area contributed by atoms with Gasteiger partial charge in [-0.1, -0.05) is 39.3 Å². The molecule has 36 heavy (non-hydrogen) atoms. The third-order valence-electron chi connectivity index (χ3n) is 7.76. The van der Waals surface area contributed by atoms with E-state index in [1.807, 2.05) is 6.92 Å². The quantitative estimate of drug-likeness (QED) is 0.184. The van der Waals surface area contributed by atoms with Crippen molar-refractivity contribution in [1.82, 2.24) is 9.80 Å². The summed E-state index contributed by atoms with van der Waals surface area (Å²) in [5, 5.41) is 0. The highest BCUT2D eigenvalue weighted by molar-refractivity contribution is 5.84. The van der Waals surface area contributed by atoms with Crippen molar-refractivity contribution in [2.75, 3.05) is 39.3 Å². The smallest absolute Gasteiger partial charge is 0.247 e. The van der Waals surface area contributed by atoms with Crippen molar-refractivity contribution in [3.63, 3.8) is 0 Å². The first-order valence-electron chi connectivity index (χ1n) is 15.0. The summed E-state index contributed by atoms with van der Waals surface area (Å²) in [4.78, 5) is 10.3. The molecule has 0 aromatic heterocycles. The zero-order valence-electron chi connectivity index (χ0n) is 24.0. The van der Waals surface area contributed by atoms with E-state index >= 15 is 0 Å². The first-order valence-corrected chi connectivity index (χ1v) is 15.0. The number of benzene rings is 1. The SMILES string of the molecule is CCCCN1C(CCC)=NCC1CCCC[N+]1=C(CCC)N(CCc2ccc(OCC)cc2)C(C)C1. The lowest BCUT2D eigenvalue weighted by molar-refractivity contribution is -0.522. The summed E-state index contributed by atoms with van der Waals surface area (Å²) in [6, 6.07) is 9.91. The van der Waals surface area contributed by atoms with Crippen LogP contribution in [0, 0.1) is 0 Å². The molecule has 0 spiro atoms. The largest absolute Gasteiger partial charge is 0.494 e. The molecule has 0 N–H and O–H groups in total. The topological polar surface area (TPSA) is 31.1 Å². The molecule has 2 aliphatic heterocycles. The number of hydrogen-bond acceptors (Lipinski definition) is 4. The summed E-state index contributed by atoms with van der Waals surface area (Å²) in [5.74, 6) is 3.93. The Labute approximate surface area is 221 Å². The molecule has 0 saturated heterocycles. The Morgan fingerprint density at radius 3 is 2.36 bits per heavy atom. The molecule has 0 amide bonds. The van der Waals surface area contributed by atoms with E-state index < -0.39 is 0 Å². The molecule has 0 radical (unpaired) electrons. The van der Waals surface area contributed by atoms with E-state index in [9.17, 15) is 0 Å². The molecule has 1 aromatic carbocycles. The van der Waals surface area contributed by atoms with E-state index in [1.165, 1.54) is 82.4 Å². The van der Waals surface area contributed by atoms with Crippen LogP contribution in [0.15, 0.2) is 29.3 Å². The number of ether oxygens (including phenoxy) is 1. The van der Waals surface area contributed by atoms with Crippen LogP contribution in [0.5, 0.6) is 5.75 Å². The third kappa shape index (κ3) is 7.98. The van der Waals surface area contributed by atoms with Crippen LogP contribution in [-0.4, -0.2) is 77.5 Å². The Hall–Kier alpha value is -2.04. The highest BCUT2D eigenvalue weighted by Crippen LogP contribution is 2.21. The van der Waals surface area contributed by atoms with Gasteiger partial charge >= 0.3 is 0 Å². The van der Waals surface area contributed by atoms with Gasteiger partial charge in [-0.05, 0) is 70.1 Å². The van der Waals surface area contributed by atoms with Gasteiger partial charge in [0, 0.05) is 31.8 Å². The monoisotopic (exact) mass is 497 g/mol. The zero-order chi connectivity index (χ0) is 25.8. The number of aliphatic imine (C=N–C) groups is 1. The molecule has 2 aliphatic rings. The van der Waals surface area contributed by atoms with Crippen LogP contribution in [0.1, 0.15) is 98.0 Å². The second kappa shape index (κ2) is 15.3. The van der Waals surface area contributed by atoms with Crippen LogP contribution in [-0.2, 0) is 6.42 Å². The Morgan fingerprint density at radius 2 is 1.67 bits per heavy atom. The lowest BCUT2D eigenvalue weighted by Crippen LogP contribution is -2.37. The predicted octanol–water partition coefficient (Wildman–Crippen LogP) is 6.40. The van der Waals surface area contributed by atoms with Gasteiger partial charge in [0.2, 0.25) is 5.84 Å². The van der Waals surface area contributed by atoms with Crippen molar-refractivity contribution in [2.45, 2.75) is 111 Å². The maximum Gasteiger partial charge on any atom is 0.247 e. The van der Waals surface area contributed by atoms with Gasteiger partial charge in [0.1, 0.15) is 18.3 Å². The Morgan fingerprint density at radius 1 is 0.889 bits per heavy atom. The molecule has 2 heterocycles. The molecule has 1 aromatic rings. The van der Waals surface area contributed by atoms with Gasteiger partial charge in [-0.2, -0.15) is 0 Å². The molecule has 0 fully saturated rings. The van der Waals surface area contributed by atoms with Gasteiger partial charge < -0.3 is 9.64 Å². The van der Waals surface area contributed by atoms with Crippen LogP contribution in [0.25, 0.3) is 0 Å². The summed E-state index contributed by atoms with van der Waals surface area (Å²) in [6.45, 7) is 17.7. The Balaban J connectivity index is 1.51. The number of unbranched alkanes of at least 4 members (excludes halogenated alkanes) is 2. The molecular weight excluding hydrogens is 444 g/mol. The minimum absolute atomic E-state index is 0.596. The summed E-state index contributed by atoms with van der Waals surface area (Å²) in [5.41, 5.74) is 1.40. The van der Waals surface area contributed by atoms with E-state index in [2.05, 4.69) is 66.3 Å². The molecule has 2 unspecified atom stereocenters. The molecule has 202 valence electrons. The van der Waals surface area contributed by atoms with Gasteiger partial charge in [-0.15, -0.1) is 0 Å². The molecule has 3 rings (SSSR count). The summed E-state index contributed by atoms with van der Waals surface area (Å²) in [7, 11) is 0. The fourth-order valence-corrected chi connectivity index (χ4v) is 5.85. The van der Waals surface area contributed by atoms with Crippen molar-refractivity contribution >= 4 is 11.7 Å². The minimum Gasteiger partial charge on any atom is -0.494 e. The highest BCUT2D eigenvalue weighted by atomic mass is 16.5. The first-order chi connectivity index (χ1) is 17.6. The van der Waals surface area contributed by atoms with Crippen LogP contribution in [0.4, 0.5) is 0 Å². The maximum atomic E-state index is 5.61. The molecule has 0 bridgehead atoms. The maximum absolute atomic E-state index is 5.61. The molecule has 5 nitrogen and oxygen atoms in total. The summed E-state index contributed by atoms with van der Waals surface area (Å²) < 4.78 is 8.31. The second-order valence-electron chi connectivity index (χ2n) is 10.7. The van der Waals surface area contributed by atoms with E-state index in [0.717, 1.165) is 38.3 Å². The van der Waals surface area contributed by atoms with Gasteiger partial charge in [-0.3, -0.25) is 14.5 Å². The second-order valence-corrected chi connectivity index (χ2v) is 10.7. The Kier molecular flexibility index (Phi) is 12.1. The molecule has 0 saturated carbocycles. The van der Waals surface area contributed by atoms with E-state index in [1.54, 1.807) is 5.84 Å². The Bertz CT molecular complexity index is 831. The normalized spacial score (nSPS) is 20.0. The lowest BCUT2D eigenvalue weighted by Gasteiger charge is -2.28. The first kappa shape index (κ1) is 28.5. The fraction of sp³-hybridized carbons (Fsp3) is 0.742. The van der Waals surface area contributed by atoms with E-state index in [0.29, 0.717) is 12.1 Å². The minimum atomic E-state index is 0.596. The van der Waals surface area contributed by atoms with Gasteiger partial charge in [0.15, 0.2) is 0 Å². The van der Waals surface area contributed by atoms with Crippen LogP contribution in [0.3, 0.4) is 0 Å². The van der Waals surface area contributed by atoms with Gasteiger partial charge in [-0.25, -0.2) is 0 Å². The zero-order valence-corrected chi connectivity index (χ0v) is 24.0. The van der Waals surface area contributed by atoms with E-state index in [-0.39, 0.29) is 0 Å². The lowest BCUT2D eigenvalue weighted by atomic mass is 10.1. The van der Waals surface area contributed by atoms with Crippen molar-refractivity contribution in [1.29, 1.82) is 0 Å². The average molecular weight is 498 g/mol. The standard InChI is InChI=1S/C31H53N4O/c1-6-10-22-35-28(24-32-30(35)13-7-2)15-11-12-21-33-25-26(5)34(31(33)14-8-3)23-20-27-16-18-29(19-17-27)36-9-4/h16-19,26,28H,6-15,20-25H2,1-5H3/q+1. The molecule has 2 atom stereocenters. The van der Waals surface area contributed by atoms with Crippen LogP contribution >= 0.6 is 0 Å². The molecular formula is C31H53N4O+. The number of nitrogens with zero attached hydrogens (tertiary/aromatic N) is 4. The summed E-state index contributed by atoms with van der Waals surface area (Å²) in [6.07, 6.45) is 12.3. The highest BCUT2D eigenvalue weighted by Gasteiger charge is 2.35. The van der Waals surface area contributed by atoms with Crippen molar-refractivity contribution in [3.05, 3.63) is 29.8 Å². The van der Waals surface area contributed by atoms with Gasteiger partial charge in [0.25, 0.3) is 0 Å². The van der Waals surface area contributed by atoms with E-state index in [4.69, 9.17) is 9.73 Å². The summed E-state index contributed by atoms with van der Waals surface area (Å²) >= 11 is 0. The van der Waals surface area contributed by atoms with Crippen LogP contribution < -0.4 is 4.74 Å². The fourth-order valence-electron chi connectivity index (χ4n) is 5.85. The van der Waals surface area contributed by atoms with Gasteiger partial charge in [0.05, 0.1) is 32.1 Å². The number of rotatable bonds is 17. The number of amidine groups is 2. The molecule has 5 heteroatoms. The third-order valence-corrected chi connectivity index (χ3v) is 7.76. The van der Waals surface area contributed by atoms with Crippen molar-refractivity contribution in [3.8, 4) is 5.75 Å². The predicted molar refractivity (Wildman–Crippen MR) is 154 cm³/mol. The molecule has 0 aliphatic carbocycles. The van der Waals surface area contributed by atoms with Crippen molar-refractivity contribution in [2.24, 2.45) is 4.99 Å². The number of hydrogen-bond donors (Lipinski definition) is 0. The van der Waals surface area contributed by atoms with Crippen LogP contribution in [0.2, 0.25) is 0 Å². The van der Waals surface area contributed by atoms with Crippen molar-refractivity contribution < 1.29 is 9.31 Å². The average Bonchev–Trinajstić information content (AvgIpc) is 3.40.